The lowest BCUT2D eigenvalue weighted by Gasteiger charge is -1.65. The van der Waals surface area contributed by atoms with Crippen molar-refractivity contribution >= 4 is 7.14 Å². The topological polar surface area (TPSA) is 17.1 Å². The SMILES string of the molecule is CP1(=O)CC1. The van der Waals surface area contributed by atoms with Crippen LogP contribution in [0.25, 0.3) is 0 Å². The molecule has 0 amide bonds. The van der Waals surface area contributed by atoms with Crippen LogP contribution in [0.5, 0.6) is 0 Å². The molecule has 0 spiro atoms. The maximum Gasteiger partial charge on any atom is 0.0857 e. The van der Waals surface area contributed by atoms with Gasteiger partial charge >= 0.3 is 0 Å². The molecule has 1 nitrogen and oxygen atoms in total. The third-order valence-corrected chi connectivity index (χ3v) is 2.56. The van der Waals surface area contributed by atoms with Gasteiger partial charge < -0.3 is 4.57 Å². The van der Waals surface area contributed by atoms with Crippen molar-refractivity contribution in [3.8, 4) is 0 Å². The van der Waals surface area contributed by atoms with Crippen molar-refractivity contribution < 1.29 is 4.57 Å². The molecular formula is C3H7OP. The lowest BCUT2D eigenvalue weighted by molar-refractivity contribution is 0.591. The van der Waals surface area contributed by atoms with Crippen LogP contribution in [0.2, 0.25) is 0 Å². The summed E-state index contributed by atoms with van der Waals surface area (Å²) >= 11 is 0. The van der Waals surface area contributed by atoms with Crippen LogP contribution in [-0.2, 0) is 4.57 Å². The Hall–Kier alpha value is 0.230. The Morgan fingerprint density at radius 2 is 1.80 bits per heavy atom. The van der Waals surface area contributed by atoms with Gasteiger partial charge in [-0.25, -0.2) is 0 Å². The molecule has 0 aromatic rings. The molecule has 5 heavy (non-hydrogen) atoms. The molecule has 0 saturated carbocycles. The van der Waals surface area contributed by atoms with Gasteiger partial charge in [-0.15, -0.1) is 0 Å². The molecule has 1 aliphatic heterocycles. The van der Waals surface area contributed by atoms with Gasteiger partial charge in [-0.05, 0) is 6.66 Å². The van der Waals surface area contributed by atoms with Gasteiger partial charge in [0.15, 0.2) is 0 Å². The van der Waals surface area contributed by atoms with Crippen LogP contribution < -0.4 is 0 Å². The van der Waals surface area contributed by atoms with E-state index in [1.165, 1.54) is 0 Å². The highest BCUT2D eigenvalue weighted by Crippen LogP contribution is 2.55. The Labute approximate surface area is 31.8 Å². The first-order valence-corrected chi connectivity index (χ1v) is 4.29. The molecule has 1 fully saturated rings. The van der Waals surface area contributed by atoms with Crippen molar-refractivity contribution in [1.29, 1.82) is 0 Å². The summed E-state index contributed by atoms with van der Waals surface area (Å²) in [7, 11) is -1.39. The summed E-state index contributed by atoms with van der Waals surface area (Å²) in [6.07, 6.45) is 2.01. The molecule has 0 atom stereocenters. The second kappa shape index (κ2) is 0.652. The molecule has 1 rings (SSSR count). The summed E-state index contributed by atoms with van der Waals surface area (Å²) in [5.41, 5.74) is 0. The molecule has 0 N–H and O–H groups in total. The average Bonchev–Trinajstić information content (AvgIpc) is 1.76. The van der Waals surface area contributed by atoms with Gasteiger partial charge in [-0.3, -0.25) is 0 Å². The predicted molar refractivity (Wildman–Crippen MR) is 23.3 cm³/mol. The maximum atomic E-state index is 10.3. The minimum Gasteiger partial charge on any atom is -0.324 e. The van der Waals surface area contributed by atoms with E-state index < -0.39 is 7.14 Å². The predicted octanol–water partition coefficient (Wildman–Crippen LogP) is 0.993. The van der Waals surface area contributed by atoms with Crippen LogP contribution in [0.3, 0.4) is 0 Å². The van der Waals surface area contributed by atoms with Gasteiger partial charge in [-0.1, -0.05) is 0 Å². The zero-order valence-corrected chi connectivity index (χ0v) is 4.16. The summed E-state index contributed by atoms with van der Waals surface area (Å²) in [6.45, 7) is 1.85. The van der Waals surface area contributed by atoms with Crippen molar-refractivity contribution in [2.45, 2.75) is 0 Å². The molecule has 1 heterocycles. The van der Waals surface area contributed by atoms with Crippen molar-refractivity contribution in [3.05, 3.63) is 0 Å². The Morgan fingerprint density at radius 1 is 1.60 bits per heavy atom. The van der Waals surface area contributed by atoms with Crippen LogP contribution in [-0.4, -0.2) is 19.0 Å². The fraction of sp³-hybridized carbons (Fsp3) is 1.00. The van der Waals surface area contributed by atoms with Crippen LogP contribution in [0.15, 0.2) is 0 Å². The van der Waals surface area contributed by atoms with E-state index >= 15 is 0 Å². The van der Waals surface area contributed by atoms with Crippen LogP contribution in [0.1, 0.15) is 0 Å². The summed E-state index contributed by atoms with van der Waals surface area (Å²) < 4.78 is 10.3. The summed E-state index contributed by atoms with van der Waals surface area (Å²) in [5, 5.41) is 0. The lowest BCUT2D eigenvalue weighted by atomic mass is 11.0. The number of hydrogen-bond donors (Lipinski definition) is 0. The fourth-order valence-corrected chi connectivity index (χ4v) is 1.27. The minimum absolute atomic E-state index is 1.01. The van der Waals surface area contributed by atoms with E-state index in [4.69, 9.17) is 0 Å². The van der Waals surface area contributed by atoms with Gasteiger partial charge in [0.25, 0.3) is 0 Å². The molecular weight excluding hydrogens is 83.0 g/mol. The van der Waals surface area contributed by atoms with Crippen molar-refractivity contribution in [3.63, 3.8) is 0 Å². The zero-order valence-electron chi connectivity index (χ0n) is 3.27. The second-order valence-corrected chi connectivity index (χ2v) is 5.23. The lowest BCUT2D eigenvalue weighted by Crippen LogP contribution is -1.35. The zero-order chi connectivity index (χ0) is 3.91. The molecule has 1 aliphatic rings. The average molecular weight is 90.1 g/mol. The standard InChI is InChI=1S/C3H7OP/c1-5(4)2-3-5/h2-3H2,1H3. The Morgan fingerprint density at radius 3 is 1.80 bits per heavy atom. The molecule has 0 aromatic heterocycles. The third kappa shape index (κ3) is 0.769. The Bertz CT molecular complexity index is 78.9. The smallest absolute Gasteiger partial charge is 0.0857 e. The summed E-state index contributed by atoms with van der Waals surface area (Å²) in [5.74, 6) is 0. The molecule has 0 radical (unpaired) electrons. The van der Waals surface area contributed by atoms with Gasteiger partial charge in [0.1, 0.15) is 0 Å². The number of rotatable bonds is 0. The van der Waals surface area contributed by atoms with Crippen molar-refractivity contribution in [2.75, 3.05) is 19.0 Å². The monoisotopic (exact) mass is 90.0 g/mol. The molecule has 2 heteroatoms. The highest BCUT2D eigenvalue weighted by Gasteiger charge is 2.28. The van der Waals surface area contributed by atoms with E-state index in [0.29, 0.717) is 0 Å². The van der Waals surface area contributed by atoms with Crippen molar-refractivity contribution in [1.82, 2.24) is 0 Å². The van der Waals surface area contributed by atoms with E-state index in [1.807, 2.05) is 6.66 Å². The van der Waals surface area contributed by atoms with Gasteiger partial charge in [0, 0.05) is 12.3 Å². The first-order chi connectivity index (χ1) is 2.21. The van der Waals surface area contributed by atoms with Crippen LogP contribution >= 0.6 is 7.14 Å². The van der Waals surface area contributed by atoms with E-state index in [0.717, 1.165) is 12.3 Å². The van der Waals surface area contributed by atoms with E-state index in [1.54, 1.807) is 0 Å². The first-order valence-electron chi connectivity index (χ1n) is 1.76. The molecule has 0 unspecified atom stereocenters. The van der Waals surface area contributed by atoms with Gasteiger partial charge in [-0.2, -0.15) is 0 Å². The molecule has 1 saturated heterocycles. The molecule has 0 aliphatic carbocycles. The molecule has 0 aromatic carbocycles. The maximum absolute atomic E-state index is 10.3. The quantitative estimate of drug-likeness (QED) is 0.405. The van der Waals surface area contributed by atoms with E-state index in [-0.39, 0.29) is 0 Å². The highest BCUT2D eigenvalue weighted by molar-refractivity contribution is 7.70. The van der Waals surface area contributed by atoms with Crippen LogP contribution in [0, 0.1) is 0 Å². The van der Waals surface area contributed by atoms with Crippen molar-refractivity contribution in [2.24, 2.45) is 0 Å². The largest absolute Gasteiger partial charge is 0.324 e. The minimum atomic E-state index is -1.39. The Kier molecular flexibility index (Phi) is 0.446. The van der Waals surface area contributed by atoms with Crippen LogP contribution in [0.4, 0.5) is 0 Å². The van der Waals surface area contributed by atoms with Gasteiger partial charge in [0.05, 0.1) is 7.14 Å². The van der Waals surface area contributed by atoms with E-state index in [2.05, 4.69) is 0 Å². The molecule has 0 bridgehead atoms. The third-order valence-electron chi connectivity index (χ3n) is 0.853. The Balaban J connectivity index is 2.72. The molecule has 30 valence electrons. The second-order valence-electron chi connectivity index (χ2n) is 1.74. The highest BCUT2D eigenvalue weighted by atomic mass is 31.2. The fourth-order valence-electron chi connectivity index (χ4n) is 0.141. The van der Waals surface area contributed by atoms with Gasteiger partial charge in [0.2, 0.25) is 0 Å². The summed E-state index contributed by atoms with van der Waals surface area (Å²) in [4.78, 5) is 0. The first kappa shape index (κ1) is 3.42. The summed E-state index contributed by atoms with van der Waals surface area (Å²) in [6, 6.07) is 0. The normalized spacial score (nSPS) is 29.8. The van der Waals surface area contributed by atoms with E-state index in [9.17, 15) is 4.57 Å². The number of hydrogen-bond acceptors (Lipinski definition) is 1.